The van der Waals surface area contributed by atoms with Gasteiger partial charge in [-0.2, -0.15) is 0 Å². The summed E-state index contributed by atoms with van der Waals surface area (Å²) in [6.07, 6.45) is 3.15. The SMILES string of the molecule is Cc1cnc2c(c1)c1c(n2CCN2C[C@@H](C)N[C@@H](C)C2)CCN(C)C1. The van der Waals surface area contributed by atoms with Gasteiger partial charge in [-0.1, -0.05) is 0 Å². The van der Waals surface area contributed by atoms with Gasteiger partial charge in [0.25, 0.3) is 0 Å². The van der Waals surface area contributed by atoms with Gasteiger partial charge in [0.15, 0.2) is 0 Å². The first-order valence-corrected chi connectivity index (χ1v) is 9.65. The molecule has 2 aliphatic rings. The van der Waals surface area contributed by atoms with Crippen LogP contribution in [0.5, 0.6) is 0 Å². The van der Waals surface area contributed by atoms with Crippen molar-refractivity contribution < 1.29 is 0 Å². The fourth-order valence-electron chi connectivity index (χ4n) is 4.66. The summed E-state index contributed by atoms with van der Waals surface area (Å²) >= 11 is 0. The zero-order valence-corrected chi connectivity index (χ0v) is 16.0. The molecular weight excluding hydrogens is 310 g/mol. The molecule has 5 heteroatoms. The summed E-state index contributed by atoms with van der Waals surface area (Å²) in [6.45, 7) is 13.3. The van der Waals surface area contributed by atoms with Gasteiger partial charge in [0.1, 0.15) is 5.65 Å². The third-order valence-corrected chi connectivity index (χ3v) is 5.69. The van der Waals surface area contributed by atoms with E-state index < -0.39 is 0 Å². The Balaban J connectivity index is 1.63. The minimum absolute atomic E-state index is 0.577. The Morgan fingerprint density at radius 3 is 2.72 bits per heavy atom. The first-order chi connectivity index (χ1) is 12.0. The number of nitrogens with one attached hydrogen (secondary N) is 1. The van der Waals surface area contributed by atoms with Crippen molar-refractivity contribution in [1.29, 1.82) is 0 Å². The quantitative estimate of drug-likeness (QED) is 0.927. The monoisotopic (exact) mass is 341 g/mol. The van der Waals surface area contributed by atoms with Gasteiger partial charge in [0, 0.05) is 75.1 Å². The van der Waals surface area contributed by atoms with Gasteiger partial charge in [0.2, 0.25) is 0 Å². The van der Waals surface area contributed by atoms with Crippen molar-refractivity contribution >= 4 is 11.0 Å². The molecule has 4 rings (SSSR count). The van der Waals surface area contributed by atoms with Crippen LogP contribution in [-0.2, 0) is 19.5 Å². The lowest BCUT2D eigenvalue weighted by atomic mass is 10.1. The minimum Gasteiger partial charge on any atom is -0.328 e. The molecule has 2 aliphatic heterocycles. The van der Waals surface area contributed by atoms with Crippen molar-refractivity contribution in [3.05, 3.63) is 29.1 Å². The summed E-state index contributed by atoms with van der Waals surface area (Å²) in [5, 5.41) is 4.99. The minimum atomic E-state index is 0.577. The number of hydrogen-bond donors (Lipinski definition) is 1. The zero-order chi connectivity index (χ0) is 17.6. The molecule has 1 fully saturated rings. The number of hydrogen-bond acceptors (Lipinski definition) is 4. The van der Waals surface area contributed by atoms with Crippen LogP contribution in [0.4, 0.5) is 0 Å². The van der Waals surface area contributed by atoms with Gasteiger partial charge in [-0.3, -0.25) is 4.90 Å². The fraction of sp³-hybridized carbons (Fsp3) is 0.650. The molecule has 2 aromatic rings. The number of nitrogens with zero attached hydrogens (tertiary/aromatic N) is 4. The molecule has 25 heavy (non-hydrogen) atoms. The first kappa shape index (κ1) is 17.0. The Morgan fingerprint density at radius 2 is 1.96 bits per heavy atom. The topological polar surface area (TPSA) is 36.3 Å². The predicted octanol–water partition coefficient (Wildman–Crippen LogP) is 2.01. The van der Waals surface area contributed by atoms with E-state index in [0.29, 0.717) is 12.1 Å². The number of aryl methyl sites for hydroxylation is 1. The van der Waals surface area contributed by atoms with Crippen molar-refractivity contribution in [2.45, 2.75) is 52.4 Å². The van der Waals surface area contributed by atoms with E-state index in [4.69, 9.17) is 4.98 Å². The second kappa shape index (κ2) is 6.71. The number of rotatable bonds is 3. The average Bonchev–Trinajstić information content (AvgIpc) is 2.84. The number of aromatic nitrogens is 2. The van der Waals surface area contributed by atoms with Gasteiger partial charge in [-0.15, -0.1) is 0 Å². The molecule has 2 aromatic heterocycles. The van der Waals surface area contributed by atoms with Gasteiger partial charge >= 0.3 is 0 Å². The highest BCUT2D eigenvalue weighted by Gasteiger charge is 2.25. The predicted molar refractivity (Wildman–Crippen MR) is 103 cm³/mol. The van der Waals surface area contributed by atoms with Crippen molar-refractivity contribution in [1.82, 2.24) is 24.7 Å². The van der Waals surface area contributed by atoms with Gasteiger partial charge in [-0.05, 0) is 45.0 Å². The Morgan fingerprint density at radius 1 is 1.20 bits per heavy atom. The summed E-state index contributed by atoms with van der Waals surface area (Å²) in [5.41, 5.74) is 5.46. The Bertz CT molecular complexity index is 755. The van der Waals surface area contributed by atoms with E-state index in [1.54, 1.807) is 0 Å². The molecule has 1 N–H and O–H groups in total. The van der Waals surface area contributed by atoms with Crippen LogP contribution >= 0.6 is 0 Å². The summed E-state index contributed by atoms with van der Waals surface area (Å²) < 4.78 is 2.51. The lowest BCUT2D eigenvalue weighted by Crippen LogP contribution is -2.54. The maximum Gasteiger partial charge on any atom is 0.140 e. The highest BCUT2D eigenvalue weighted by molar-refractivity contribution is 5.83. The van der Waals surface area contributed by atoms with E-state index in [0.717, 1.165) is 45.7 Å². The maximum atomic E-state index is 4.82. The van der Waals surface area contributed by atoms with Crippen LogP contribution in [0.25, 0.3) is 11.0 Å². The molecule has 0 aromatic carbocycles. The van der Waals surface area contributed by atoms with Crippen molar-refractivity contribution in [3.8, 4) is 0 Å². The molecule has 0 unspecified atom stereocenters. The molecule has 0 amide bonds. The number of likely N-dealkylation sites (N-methyl/N-ethyl adjacent to an activating group) is 1. The molecule has 0 saturated carbocycles. The van der Waals surface area contributed by atoms with Crippen LogP contribution in [0.3, 0.4) is 0 Å². The lowest BCUT2D eigenvalue weighted by Gasteiger charge is -2.36. The van der Waals surface area contributed by atoms with Crippen LogP contribution in [0.15, 0.2) is 12.3 Å². The summed E-state index contributed by atoms with van der Waals surface area (Å²) in [6, 6.07) is 3.48. The van der Waals surface area contributed by atoms with Crippen LogP contribution < -0.4 is 5.32 Å². The highest BCUT2D eigenvalue weighted by atomic mass is 15.2. The average molecular weight is 342 g/mol. The second-order valence-electron chi connectivity index (χ2n) is 8.18. The van der Waals surface area contributed by atoms with Gasteiger partial charge in [0.05, 0.1) is 0 Å². The van der Waals surface area contributed by atoms with Gasteiger partial charge in [-0.25, -0.2) is 4.98 Å². The Kier molecular flexibility index (Phi) is 4.56. The lowest BCUT2D eigenvalue weighted by molar-refractivity contribution is 0.168. The second-order valence-corrected chi connectivity index (χ2v) is 8.18. The van der Waals surface area contributed by atoms with Crippen LogP contribution in [-0.4, -0.2) is 64.7 Å². The van der Waals surface area contributed by atoms with E-state index in [-0.39, 0.29) is 0 Å². The van der Waals surface area contributed by atoms with E-state index in [1.165, 1.54) is 27.9 Å². The first-order valence-electron chi connectivity index (χ1n) is 9.65. The van der Waals surface area contributed by atoms with Crippen molar-refractivity contribution in [3.63, 3.8) is 0 Å². The van der Waals surface area contributed by atoms with Crippen molar-refractivity contribution in [2.24, 2.45) is 0 Å². The molecule has 5 nitrogen and oxygen atoms in total. The number of pyridine rings is 1. The standard InChI is InChI=1S/C20H31N5/c1-14-9-17-18-13-23(4)6-5-19(18)25(20(17)21-10-14)8-7-24-11-15(2)22-16(3)12-24/h9-10,15-16,22H,5-8,11-13H2,1-4H3/t15-,16+. The van der Waals surface area contributed by atoms with Gasteiger partial charge < -0.3 is 14.8 Å². The summed E-state index contributed by atoms with van der Waals surface area (Å²) in [5.74, 6) is 0. The van der Waals surface area contributed by atoms with E-state index in [1.807, 2.05) is 6.20 Å². The summed E-state index contributed by atoms with van der Waals surface area (Å²) in [7, 11) is 2.22. The zero-order valence-electron chi connectivity index (χ0n) is 16.0. The molecule has 0 aliphatic carbocycles. The number of fused-ring (bicyclic) bond motifs is 3. The molecule has 4 heterocycles. The van der Waals surface area contributed by atoms with Crippen LogP contribution in [0.2, 0.25) is 0 Å². The molecular formula is C20H31N5. The molecule has 0 radical (unpaired) electrons. The molecule has 136 valence electrons. The molecule has 2 atom stereocenters. The molecule has 0 bridgehead atoms. The Labute approximate surface area is 151 Å². The van der Waals surface area contributed by atoms with E-state index in [9.17, 15) is 0 Å². The van der Waals surface area contributed by atoms with E-state index in [2.05, 4.69) is 53.6 Å². The van der Waals surface area contributed by atoms with Crippen LogP contribution in [0, 0.1) is 6.92 Å². The highest BCUT2D eigenvalue weighted by Crippen LogP contribution is 2.30. The van der Waals surface area contributed by atoms with Crippen LogP contribution in [0.1, 0.15) is 30.7 Å². The molecule has 1 saturated heterocycles. The smallest absolute Gasteiger partial charge is 0.140 e. The third-order valence-electron chi connectivity index (χ3n) is 5.69. The number of piperazine rings is 1. The Hall–Kier alpha value is -1.43. The summed E-state index contributed by atoms with van der Waals surface area (Å²) in [4.78, 5) is 9.85. The maximum absolute atomic E-state index is 4.82. The third kappa shape index (κ3) is 3.33. The van der Waals surface area contributed by atoms with Crippen molar-refractivity contribution in [2.75, 3.05) is 33.2 Å². The normalized spacial score (nSPS) is 25.4. The van der Waals surface area contributed by atoms with E-state index >= 15 is 0 Å². The fourth-order valence-corrected chi connectivity index (χ4v) is 4.66. The molecule has 0 spiro atoms. The largest absolute Gasteiger partial charge is 0.328 e.